The molecule has 1 aromatic rings. The van der Waals surface area contributed by atoms with Crippen molar-refractivity contribution in [2.45, 2.75) is 50.3 Å². The minimum Gasteiger partial charge on any atom is -0.206 e. The van der Waals surface area contributed by atoms with Gasteiger partial charge in [-0.1, -0.05) is 19.4 Å². The fourth-order valence-corrected chi connectivity index (χ4v) is 4.57. The van der Waals surface area contributed by atoms with Crippen molar-refractivity contribution in [1.29, 1.82) is 0 Å². The van der Waals surface area contributed by atoms with Crippen molar-refractivity contribution in [3.63, 3.8) is 0 Å². The highest BCUT2D eigenvalue weighted by atomic mass is 32.2. The molecule has 1 aromatic heterocycles. The lowest BCUT2D eigenvalue weighted by Crippen LogP contribution is -2.45. The molecular weight excluding hydrogens is 254 g/mol. The Kier molecular flexibility index (Phi) is 4.75. The molecule has 3 nitrogen and oxygen atoms in total. The Balaban J connectivity index is 3.06. The van der Waals surface area contributed by atoms with E-state index in [0.717, 1.165) is 12.8 Å². The van der Waals surface area contributed by atoms with Crippen LogP contribution in [0.25, 0.3) is 0 Å². The lowest BCUT2D eigenvalue weighted by molar-refractivity contribution is 0.247. The van der Waals surface area contributed by atoms with E-state index in [1.165, 1.54) is 11.3 Å². The monoisotopic (exact) mass is 275 g/mol. The molecule has 0 aromatic carbocycles. The average Bonchev–Trinajstić information content (AvgIpc) is 2.68. The molecule has 0 saturated heterocycles. The fourth-order valence-electron chi connectivity index (χ4n) is 1.64. The van der Waals surface area contributed by atoms with Gasteiger partial charge in [0.05, 0.1) is 0 Å². The van der Waals surface area contributed by atoms with Gasteiger partial charge >= 0.3 is 0 Å². The zero-order valence-electron chi connectivity index (χ0n) is 10.9. The second kappa shape index (κ2) is 5.50. The van der Waals surface area contributed by atoms with E-state index in [4.69, 9.17) is 0 Å². The Labute approximate surface area is 109 Å². The maximum absolute atomic E-state index is 12.5. The van der Waals surface area contributed by atoms with Crippen LogP contribution in [0.2, 0.25) is 0 Å². The van der Waals surface area contributed by atoms with E-state index < -0.39 is 10.0 Å². The molecule has 0 amide bonds. The van der Waals surface area contributed by atoms with E-state index in [1.807, 2.05) is 20.8 Å². The smallest absolute Gasteiger partial charge is 0.206 e. The van der Waals surface area contributed by atoms with Gasteiger partial charge in [0, 0.05) is 12.1 Å². The molecule has 0 radical (unpaired) electrons. The zero-order valence-corrected chi connectivity index (χ0v) is 12.6. The van der Waals surface area contributed by atoms with Crippen LogP contribution >= 0.6 is 11.3 Å². The van der Waals surface area contributed by atoms with E-state index in [-0.39, 0.29) is 5.54 Å². The number of hydrogen-bond donors (Lipinski definition) is 0. The van der Waals surface area contributed by atoms with Crippen LogP contribution in [0.1, 0.15) is 40.5 Å². The van der Waals surface area contributed by atoms with Gasteiger partial charge in [0.15, 0.2) is 0 Å². The van der Waals surface area contributed by atoms with Crippen molar-refractivity contribution in [3.8, 4) is 0 Å². The lowest BCUT2D eigenvalue weighted by Gasteiger charge is -2.34. The molecule has 1 heterocycles. The molecule has 98 valence electrons. The normalized spacial score (nSPS) is 13.2. The molecule has 0 aliphatic rings. The van der Waals surface area contributed by atoms with Crippen molar-refractivity contribution >= 4 is 21.4 Å². The second-order valence-corrected chi connectivity index (χ2v) is 8.07. The number of hydrogen-bond acceptors (Lipinski definition) is 3. The van der Waals surface area contributed by atoms with Crippen LogP contribution in [0.4, 0.5) is 0 Å². The van der Waals surface area contributed by atoms with Crippen LogP contribution in [-0.2, 0) is 10.0 Å². The van der Waals surface area contributed by atoms with Gasteiger partial charge in [0.1, 0.15) is 4.21 Å². The molecule has 0 saturated carbocycles. The summed E-state index contributed by atoms with van der Waals surface area (Å²) in [7, 11) is -3.34. The molecule has 0 unspecified atom stereocenters. The first-order valence-corrected chi connectivity index (χ1v) is 8.18. The van der Waals surface area contributed by atoms with Crippen molar-refractivity contribution in [1.82, 2.24) is 4.31 Å². The first-order valence-electron chi connectivity index (χ1n) is 5.86. The zero-order chi connectivity index (χ0) is 13.1. The average molecular weight is 275 g/mol. The largest absolute Gasteiger partial charge is 0.253 e. The van der Waals surface area contributed by atoms with Crippen molar-refractivity contribution < 1.29 is 8.42 Å². The summed E-state index contributed by atoms with van der Waals surface area (Å²) in [6.07, 6.45) is 1.88. The van der Waals surface area contributed by atoms with Gasteiger partial charge in [0.25, 0.3) is 10.0 Å². The predicted molar refractivity (Wildman–Crippen MR) is 72.9 cm³/mol. The van der Waals surface area contributed by atoms with Crippen LogP contribution in [0.5, 0.6) is 0 Å². The summed E-state index contributed by atoms with van der Waals surface area (Å²) in [6, 6.07) is 3.45. The van der Waals surface area contributed by atoms with E-state index in [9.17, 15) is 8.42 Å². The number of unbranched alkanes of at least 4 members (excludes halogenated alkanes) is 1. The summed E-state index contributed by atoms with van der Waals surface area (Å²) < 4.78 is 27.0. The summed E-state index contributed by atoms with van der Waals surface area (Å²) in [4.78, 5) is 0. The molecule has 0 bridgehead atoms. The third kappa shape index (κ3) is 3.53. The Bertz CT molecular complexity index is 430. The van der Waals surface area contributed by atoms with E-state index >= 15 is 0 Å². The molecular formula is C12H21NO2S2. The third-order valence-electron chi connectivity index (χ3n) is 2.50. The van der Waals surface area contributed by atoms with E-state index in [0.29, 0.717) is 10.8 Å². The molecule has 1 rings (SSSR count). The minimum atomic E-state index is -3.34. The number of thiophene rings is 1. The fraction of sp³-hybridized carbons (Fsp3) is 0.667. The molecule has 5 heteroatoms. The van der Waals surface area contributed by atoms with Crippen LogP contribution in [-0.4, -0.2) is 24.8 Å². The van der Waals surface area contributed by atoms with Gasteiger partial charge in [-0.25, -0.2) is 8.42 Å². The van der Waals surface area contributed by atoms with Gasteiger partial charge in [-0.05, 0) is 38.6 Å². The van der Waals surface area contributed by atoms with E-state index in [1.54, 1.807) is 21.8 Å². The van der Waals surface area contributed by atoms with Crippen molar-refractivity contribution in [2.24, 2.45) is 0 Å². The Hall–Kier alpha value is -0.390. The number of sulfonamides is 1. The molecule has 0 aliphatic carbocycles. The minimum absolute atomic E-state index is 0.377. The molecule has 0 spiro atoms. The van der Waals surface area contributed by atoms with Crippen LogP contribution < -0.4 is 0 Å². The molecule has 0 fully saturated rings. The van der Waals surface area contributed by atoms with Crippen molar-refractivity contribution in [3.05, 3.63) is 17.5 Å². The highest BCUT2D eigenvalue weighted by molar-refractivity contribution is 7.91. The highest BCUT2D eigenvalue weighted by Gasteiger charge is 2.33. The van der Waals surface area contributed by atoms with Gasteiger partial charge in [-0.15, -0.1) is 11.3 Å². The topological polar surface area (TPSA) is 37.4 Å². The summed E-state index contributed by atoms with van der Waals surface area (Å²) in [5, 5.41) is 1.80. The van der Waals surface area contributed by atoms with Gasteiger partial charge in [-0.3, -0.25) is 0 Å². The lowest BCUT2D eigenvalue weighted by atomic mass is 10.1. The maximum atomic E-state index is 12.5. The van der Waals surface area contributed by atoms with Crippen LogP contribution in [0.15, 0.2) is 21.7 Å². The van der Waals surface area contributed by atoms with E-state index in [2.05, 4.69) is 6.92 Å². The molecule has 17 heavy (non-hydrogen) atoms. The Morgan fingerprint density at radius 3 is 2.41 bits per heavy atom. The molecule has 0 aliphatic heterocycles. The first-order chi connectivity index (χ1) is 7.80. The summed E-state index contributed by atoms with van der Waals surface area (Å²) in [6.45, 7) is 8.47. The summed E-state index contributed by atoms with van der Waals surface area (Å²) >= 11 is 1.28. The molecule has 0 N–H and O–H groups in total. The predicted octanol–water partition coefficient (Wildman–Crippen LogP) is 3.34. The van der Waals surface area contributed by atoms with Gasteiger partial charge < -0.3 is 0 Å². The SMILES string of the molecule is CCCCN(C(C)(C)C)S(=O)(=O)c1cccs1. The third-order valence-corrected chi connectivity index (χ3v) is 6.04. The van der Waals surface area contributed by atoms with Gasteiger partial charge in [-0.2, -0.15) is 4.31 Å². The number of nitrogens with zero attached hydrogens (tertiary/aromatic N) is 1. The Morgan fingerprint density at radius 2 is 2.00 bits per heavy atom. The van der Waals surface area contributed by atoms with Crippen LogP contribution in [0, 0.1) is 0 Å². The molecule has 0 atom stereocenters. The maximum Gasteiger partial charge on any atom is 0.253 e. The second-order valence-electron chi connectivity index (χ2n) is 5.03. The quantitative estimate of drug-likeness (QED) is 0.826. The number of rotatable bonds is 5. The summed E-state index contributed by atoms with van der Waals surface area (Å²) in [5.41, 5.74) is -0.377. The van der Waals surface area contributed by atoms with Crippen molar-refractivity contribution in [2.75, 3.05) is 6.54 Å². The summed E-state index contributed by atoms with van der Waals surface area (Å²) in [5.74, 6) is 0. The highest BCUT2D eigenvalue weighted by Crippen LogP contribution is 2.27. The standard InChI is InChI=1S/C12H21NO2S2/c1-5-6-9-13(12(2,3)4)17(14,15)11-8-7-10-16-11/h7-8,10H,5-6,9H2,1-4H3. The Morgan fingerprint density at radius 1 is 1.35 bits per heavy atom. The van der Waals surface area contributed by atoms with Gasteiger partial charge in [0.2, 0.25) is 0 Å². The first kappa shape index (κ1) is 14.7. The van der Waals surface area contributed by atoms with Crippen LogP contribution in [0.3, 0.4) is 0 Å².